The van der Waals surface area contributed by atoms with E-state index in [4.69, 9.17) is 9.84 Å². The fourth-order valence-electron chi connectivity index (χ4n) is 1.85. The number of aliphatic carboxylic acids is 1. The third-order valence-electron chi connectivity index (χ3n) is 2.98. The molecular weight excluding hydrogens is 302 g/mol. The molecule has 0 saturated carbocycles. The zero-order chi connectivity index (χ0) is 16.8. The van der Waals surface area contributed by atoms with Crippen molar-refractivity contribution in [3.05, 3.63) is 54.0 Å². The second-order valence-corrected chi connectivity index (χ2v) is 4.45. The molecule has 1 atom stereocenters. The molecule has 1 amide bonds. The van der Waals surface area contributed by atoms with Crippen molar-refractivity contribution in [2.75, 3.05) is 7.11 Å². The number of Topliss-reactive ketones (excluding diaryl/α,β-unsaturated/α-hetero) is 1. The first-order valence-corrected chi connectivity index (χ1v) is 6.51. The molecule has 0 aliphatic carbocycles. The lowest BCUT2D eigenvalue weighted by Crippen LogP contribution is -2.38. The Bertz CT molecular complexity index is 716. The minimum Gasteiger partial charge on any atom is -0.481 e. The summed E-state index contributed by atoms with van der Waals surface area (Å²) in [5.41, 5.74) is 0.563. The number of hydrogen-bond acceptors (Lipinski definition) is 6. The number of carbonyl (C=O) groups excluding carboxylic acids is 2. The fourth-order valence-corrected chi connectivity index (χ4v) is 1.85. The number of nitrogens with one attached hydrogen (secondary N) is 1. The summed E-state index contributed by atoms with van der Waals surface area (Å²) in [5, 5.41) is 10.9. The monoisotopic (exact) mass is 315 g/mol. The lowest BCUT2D eigenvalue weighted by molar-refractivity contribution is -0.150. The number of hydrogen-bond donors (Lipinski definition) is 2. The van der Waals surface area contributed by atoms with Gasteiger partial charge >= 0.3 is 11.9 Å². The molecule has 0 bridgehead atoms. The van der Waals surface area contributed by atoms with E-state index in [-0.39, 0.29) is 5.56 Å². The minimum absolute atomic E-state index is 0.235. The molecule has 8 heteroatoms. The van der Waals surface area contributed by atoms with Gasteiger partial charge in [0.25, 0.3) is 0 Å². The van der Waals surface area contributed by atoms with Gasteiger partial charge in [0.2, 0.25) is 5.88 Å². The molecule has 2 N–H and O–H groups in total. The predicted octanol–water partition coefficient (Wildman–Crippen LogP) is 0.610. The molecule has 0 saturated heterocycles. The van der Waals surface area contributed by atoms with Crippen molar-refractivity contribution in [1.82, 2.24) is 15.3 Å². The van der Waals surface area contributed by atoms with Crippen LogP contribution in [0, 0.1) is 0 Å². The summed E-state index contributed by atoms with van der Waals surface area (Å²) >= 11 is 0. The van der Waals surface area contributed by atoms with E-state index in [1.165, 1.54) is 43.9 Å². The first kappa shape index (κ1) is 16.1. The second-order valence-electron chi connectivity index (χ2n) is 4.45. The van der Waals surface area contributed by atoms with Gasteiger partial charge in [-0.2, -0.15) is 0 Å². The smallest absolute Gasteiger partial charge is 0.394 e. The van der Waals surface area contributed by atoms with Crippen LogP contribution in [0.15, 0.2) is 42.9 Å². The van der Waals surface area contributed by atoms with Crippen molar-refractivity contribution < 1.29 is 24.2 Å². The van der Waals surface area contributed by atoms with Crippen LogP contribution in [0.25, 0.3) is 0 Å². The van der Waals surface area contributed by atoms with Crippen molar-refractivity contribution >= 4 is 17.7 Å². The number of carboxylic acid groups (broad SMARTS) is 1. The lowest BCUT2D eigenvalue weighted by Gasteiger charge is -2.16. The van der Waals surface area contributed by atoms with Crippen molar-refractivity contribution in [1.29, 1.82) is 0 Å². The molecule has 1 unspecified atom stereocenters. The van der Waals surface area contributed by atoms with Crippen LogP contribution < -0.4 is 10.1 Å². The zero-order valence-electron chi connectivity index (χ0n) is 12.1. The summed E-state index contributed by atoms with van der Waals surface area (Å²) in [5.74, 6) is -3.15. The van der Waals surface area contributed by atoms with Crippen LogP contribution in [0.2, 0.25) is 0 Å². The molecule has 0 aliphatic heterocycles. The molecule has 8 nitrogen and oxygen atoms in total. The average Bonchev–Trinajstić information content (AvgIpc) is 2.59. The normalized spacial score (nSPS) is 11.3. The van der Waals surface area contributed by atoms with Crippen molar-refractivity contribution in [2.24, 2.45) is 0 Å². The van der Waals surface area contributed by atoms with E-state index in [9.17, 15) is 14.4 Å². The van der Waals surface area contributed by atoms with Crippen LogP contribution in [0.4, 0.5) is 0 Å². The number of pyridine rings is 2. The minimum atomic E-state index is -1.68. The van der Waals surface area contributed by atoms with Crippen LogP contribution >= 0.6 is 0 Å². The Balaban J connectivity index is 2.36. The third-order valence-corrected chi connectivity index (χ3v) is 2.98. The Morgan fingerprint density at radius 1 is 1.22 bits per heavy atom. The molecule has 0 spiro atoms. The summed E-state index contributed by atoms with van der Waals surface area (Å²) in [4.78, 5) is 42.6. The summed E-state index contributed by atoms with van der Waals surface area (Å²) in [6, 6.07) is 4.92. The van der Waals surface area contributed by atoms with Gasteiger partial charge < -0.3 is 15.2 Å². The van der Waals surface area contributed by atoms with Gasteiger partial charge in [0.05, 0.1) is 7.11 Å². The van der Waals surface area contributed by atoms with Gasteiger partial charge in [-0.15, -0.1) is 0 Å². The van der Waals surface area contributed by atoms with E-state index in [2.05, 4.69) is 15.3 Å². The molecular formula is C15H13N3O5. The van der Waals surface area contributed by atoms with Crippen LogP contribution in [-0.4, -0.2) is 39.8 Å². The number of nitrogens with zero attached hydrogens (tertiary/aromatic N) is 2. The van der Waals surface area contributed by atoms with E-state index >= 15 is 0 Å². The molecule has 118 valence electrons. The molecule has 0 radical (unpaired) electrons. The molecule has 0 fully saturated rings. The molecule has 23 heavy (non-hydrogen) atoms. The maximum absolute atomic E-state index is 12.6. The standard InChI is InChI=1S/C15H13N3O5/c1-23-11-5-4-9(8-17-11)12(18-14(20)15(21)22)13(19)10-3-2-6-16-7-10/h2-8,12H,1H3,(H,18,20)(H,21,22). The van der Waals surface area contributed by atoms with Gasteiger partial charge in [0.1, 0.15) is 6.04 Å². The van der Waals surface area contributed by atoms with E-state index in [1.54, 1.807) is 6.07 Å². The van der Waals surface area contributed by atoms with Crippen LogP contribution in [0.3, 0.4) is 0 Å². The summed E-state index contributed by atoms with van der Waals surface area (Å²) in [6.45, 7) is 0. The lowest BCUT2D eigenvalue weighted by atomic mass is 9.99. The Labute approximate surface area is 131 Å². The number of ketones is 1. The summed E-state index contributed by atoms with van der Waals surface area (Å²) in [7, 11) is 1.44. The van der Waals surface area contributed by atoms with E-state index in [0.29, 0.717) is 11.4 Å². The third kappa shape index (κ3) is 3.88. The van der Waals surface area contributed by atoms with Gasteiger partial charge in [0, 0.05) is 35.8 Å². The van der Waals surface area contributed by atoms with Gasteiger partial charge in [-0.1, -0.05) is 0 Å². The maximum atomic E-state index is 12.6. The highest BCUT2D eigenvalue weighted by Gasteiger charge is 2.27. The Kier molecular flexibility index (Phi) is 4.98. The van der Waals surface area contributed by atoms with E-state index < -0.39 is 23.7 Å². The summed E-state index contributed by atoms with van der Waals surface area (Å²) in [6.07, 6.45) is 4.16. The first-order chi connectivity index (χ1) is 11.0. The summed E-state index contributed by atoms with van der Waals surface area (Å²) < 4.78 is 4.93. The number of ether oxygens (including phenoxy) is 1. The second kappa shape index (κ2) is 7.12. The number of methoxy groups -OCH3 is 1. The Morgan fingerprint density at radius 2 is 2.00 bits per heavy atom. The van der Waals surface area contributed by atoms with Crippen LogP contribution in [0.5, 0.6) is 5.88 Å². The number of carboxylic acids is 1. The SMILES string of the molecule is COc1ccc(C(NC(=O)C(=O)O)C(=O)c2cccnc2)cn1. The largest absolute Gasteiger partial charge is 0.481 e. The van der Waals surface area contributed by atoms with Crippen molar-refractivity contribution in [2.45, 2.75) is 6.04 Å². The van der Waals surface area contributed by atoms with Crippen LogP contribution in [-0.2, 0) is 9.59 Å². The predicted molar refractivity (Wildman–Crippen MR) is 77.9 cm³/mol. The molecule has 2 rings (SSSR count). The number of rotatable bonds is 5. The maximum Gasteiger partial charge on any atom is 0.394 e. The number of aromatic nitrogens is 2. The Hall–Kier alpha value is -3.29. The topological polar surface area (TPSA) is 118 Å². The Morgan fingerprint density at radius 3 is 2.52 bits per heavy atom. The molecule has 2 aromatic rings. The van der Waals surface area contributed by atoms with Gasteiger partial charge in [-0.25, -0.2) is 9.78 Å². The highest BCUT2D eigenvalue weighted by Crippen LogP contribution is 2.19. The molecule has 0 aliphatic rings. The highest BCUT2D eigenvalue weighted by molar-refractivity contribution is 6.32. The van der Waals surface area contributed by atoms with E-state index in [0.717, 1.165) is 0 Å². The average molecular weight is 315 g/mol. The van der Waals surface area contributed by atoms with Gasteiger partial charge in [-0.3, -0.25) is 14.6 Å². The van der Waals surface area contributed by atoms with Crippen molar-refractivity contribution in [3.63, 3.8) is 0 Å². The van der Waals surface area contributed by atoms with E-state index in [1.807, 2.05) is 0 Å². The molecule has 2 heterocycles. The quantitative estimate of drug-likeness (QED) is 0.613. The first-order valence-electron chi connectivity index (χ1n) is 6.51. The number of amides is 1. The zero-order valence-corrected chi connectivity index (χ0v) is 12.1. The number of carbonyl (C=O) groups is 3. The highest BCUT2D eigenvalue weighted by atomic mass is 16.5. The van der Waals surface area contributed by atoms with Crippen molar-refractivity contribution in [3.8, 4) is 5.88 Å². The van der Waals surface area contributed by atoms with Gasteiger partial charge in [0.15, 0.2) is 5.78 Å². The van der Waals surface area contributed by atoms with Gasteiger partial charge in [-0.05, 0) is 18.2 Å². The molecule has 0 aromatic carbocycles. The van der Waals surface area contributed by atoms with Crippen LogP contribution in [0.1, 0.15) is 22.0 Å². The fraction of sp³-hybridized carbons (Fsp3) is 0.133. The molecule has 2 aromatic heterocycles.